The maximum atomic E-state index is 10.7. The second kappa shape index (κ2) is 7.55. The van der Waals surface area contributed by atoms with Crippen LogP contribution in [-0.4, -0.2) is 11.5 Å². The topological polar surface area (TPSA) is 55.2 Å². The van der Waals surface area contributed by atoms with E-state index in [1.165, 1.54) is 27.7 Å². The molecule has 1 heterocycles. The maximum Gasteiger partial charge on any atom is 0.324 e. The Kier molecular flexibility index (Phi) is 5.23. The summed E-state index contributed by atoms with van der Waals surface area (Å²) in [6, 6.07) is 18.5. The second-order valence-electron chi connectivity index (χ2n) is 5.84. The van der Waals surface area contributed by atoms with Crippen LogP contribution in [-0.2, 0) is 6.42 Å². The van der Waals surface area contributed by atoms with Crippen molar-refractivity contribution in [2.45, 2.75) is 25.8 Å². The van der Waals surface area contributed by atoms with Crippen LogP contribution in [0.5, 0.6) is 0 Å². The van der Waals surface area contributed by atoms with Gasteiger partial charge in [-0.3, -0.25) is 10.1 Å². The van der Waals surface area contributed by atoms with Gasteiger partial charge < -0.3 is 5.32 Å². The highest BCUT2D eigenvalue weighted by Gasteiger charge is 2.10. The number of aryl methyl sites for hydroxylation is 1. The van der Waals surface area contributed by atoms with E-state index in [1.54, 1.807) is 6.07 Å². The Hall–Kier alpha value is -2.24. The van der Waals surface area contributed by atoms with E-state index in [9.17, 15) is 10.1 Å². The molecule has 1 unspecified atom stereocenters. The molecule has 0 saturated heterocycles. The van der Waals surface area contributed by atoms with Crippen molar-refractivity contribution >= 4 is 27.1 Å². The summed E-state index contributed by atoms with van der Waals surface area (Å²) in [7, 11) is 0. The molecule has 1 aromatic heterocycles. The maximum absolute atomic E-state index is 10.7. The van der Waals surface area contributed by atoms with E-state index >= 15 is 0 Å². The quantitative estimate of drug-likeness (QED) is 0.370. The number of rotatable bonds is 7. The second-order valence-corrected chi connectivity index (χ2v) is 6.99. The fraction of sp³-hybridized carbons (Fsp3) is 0.263. The molecule has 0 spiro atoms. The van der Waals surface area contributed by atoms with Gasteiger partial charge in [-0.15, -0.1) is 0 Å². The van der Waals surface area contributed by atoms with Crippen molar-refractivity contribution in [1.29, 1.82) is 0 Å². The zero-order valence-electron chi connectivity index (χ0n) is 13.6. The number of benzene rings is 2. The molecule has 124 valence electrons. The summed E-state index contributed by atoms with van der Waals surface area (Å²) >= 11 is 1.27. The third kappa shape index (κ3) is 3.80. The van der Waals surface area contributed by atoms with Crippen molar-refractivity contribution in [3.63, 3.8) is 0 Å². The first-order valence-corrected chi connectivity index (χ1v) is 8.91. The van der Waals surface area contributed by atoms with Crippen LogP contribution in [0.15, 0.2) is 54.6 Å². The van der Waals surface area contributed by atoms with Crippen LogP contribution in [0.2, 0.25) is 0 Å². The predicted octanol–water partition coefficient (Wildman–Crippen LogP) is 5.09. The Morgan fingerprint density at radius 1 is 1.12 bits per heavy atom. The van der Waals surface area contributed by atoms with Gasteiger partial charge in [0.15, 0.2) is 0 Å². The number of nitrogens with zero attached hydrogens (tertiary/aromatic N) is 1. The molecule has 0 radical (unpaired) electrons. The molecule has 0 aliphatic rings. The van der Waals surface area contributed by atoms with Crippen molar-refractivity contribution < 1.29 is 4.92 Å². The minimum absolute atomic E-state index is 0.224. The van der Waals surface area contributed by atoms with Crippen molar-refractivity contribution in [3.05, 3.63) is 75.2 Å². The smallest absolute Gasteiger partial charge is 0.310 e. The molecule has 1 atom stereocenters. The van der Waals surface area contributed by atoms with E-state index in [4.69, 9.17) is 0 Å². The Balaban J connectivity index is 1.55. The largest absolute Gasteiger partial charge is 0.324 e. The number of fused-ring (bicyclic) bond motifs is 1. The molecule has 0 aliphatic heterocycles. The van der Waals surface area contributed by atoms with E-state index < -0.39 is 0 Å². The van der Waals surface area contributed by atoms with Crippen molar-refractivity contribution in [2.75, 3.05) is 6.54 Å². The Bertz CT molecular complexity index is 839. The molecule has 4 nitrogen and oxygen atoms in total. The van der Waals surface area contributed by atoms with Crippen LogP contribution < -0.4 is 5.32 Å². The highest BCUT2D eigenvalue weighted by molar-refractivity contribution is 7.15. The Morgan fingerprint density at radius 2 is 1.92 bits per heavy atom. The van der Waals surface area contributed by atoms with Gasteiger partial charge in [-0.05, 0) is 48.7 Å². The molecule has 0 bridgehead atoms. The lowest BCUT2D eigenvalue weighted by atomic mass is 9.99. The highest BCUT2D eigenvalue weighted by Crippen LogP contribution is 2.26. The van der Waals surface area contributed by atoms with Crippen LogP contribution in [0, 0.1) is 10.1 Å². The first-order chi connectivity index (χ1) is 11.6. The minimum Gasteiger partial charge on any atom is -0.310 e. The number of hydrogen-bond donors (Lipinski definition) is 1. The van der Waals surface area contributed by atoms with E-state index in [1.807, 2.05) is 6.07 Å². The first kappa shape index (κ1) is 16.6. The van der Waals surface area contributed by atoms with Gasteiger partial charge in [0.2, 0.25) is 0 Å². The van der Waals surface area contributed by atoms with Crippen LogP contribution in [0.3, 0.4) is 0 Å². The monoisotopic (exact) mass is 340 g/mol. The van der Waals surface area contributed by atoms with Crippen LogP contribution in [0.25, 0.3) is 10.8 Å². The number of nitro groups is 1. The van der Waals surface area contributed by atoms with Crippen molar-refractivity contribution in [3.8, 4) is 0 Å². The Labute approximate surface area is 145 Å². The number of thiophene rings is 1. The van der Waals surface area contributed by atoms with Gasteiger partial charge in [-0.25, -0.2) is 0 Å². The molecule has 0 amide bonds. The molecule has 0 saturated carbocycles. The van der Waals surface area contributed by atoms with Gasteiger partial charge in [0.25, 0.3) is 0 Å². The first-order valence-electron chi connectivity index (χ1n) is 8.09. The number of nitrogens with one attached hydrogen (secondary N) is 1. The average Bonchev–Trinajstić information content (AvgIpc) is 3.07. The van der Waals surface area contributed by atoms with E-state index in [0.717, 1.165) is 24.3 Å². The van der Waals surface area contributed by atoms with Gasteiger partial charge in [0, 0.05) is 17.0 Å². The molecular formula is C19H20N2O2S. The fourth-order valence-electron chi connectivity index (χ4n) is 2.92. The third-order valence-electron chi connectivity index (χ3n) is 4.17. The van der Waals surface area contributed by atoms with Crippen LogP contribution in [0.4, 0.5) is 5.00 Å². The van der Waals surface area contributed by atoms with Crippen LogP contribution >= 0.6 is 11.3 Å². The van der Waals surface area contributed by atoms with Gasteiger partial charge in [-0.1, -0.05) is 53.8 Å². The summed E-state index contributed by atoms with van der Waals surface area (Å²) in [5, 5.41) is 17.0. The minimum atomic E-state index is -0.324. The average molecular weight is 340 g/mol. The Morgan fingerprint density at radius 3 is 2.71 bits per heavy atom. The molecule has 1 N–H and O–H groups in total. The lowest BCUT2D eigenvalue weighted by Gasteiger charge is -2.16. The summed E-state index contributed by atoms with van der Waals surface area (Å²) in [4.78, 5) is 11.4. The van der Waals surface area contributed by atoms with Crippen molar-refractivity contribution in [1.82, 2.24) is 5.32 Å². The molecule has 0 aliphatic carbocycles. The standard InChI is InChI=1S/C19H20N2O2S/c1-14(17-10-4-7-15-6-2-3-9-18(15)17)20-13-5-8-16-11-12-19(24-16)21(22)23/h2-4,6-7,9-12,14,20H,5,8,13H2,1H3. The predicted molar refractivity (Wildman–Crippen MR) is 99.7 cm³/mol. The van der Waals surface area contributed by atoms with Gasteiger partial charge in [0.1, 0.15) is 0 Å². The van der Waals surface area contributed by atoms with E-state index in [-0.39, 0.29) is 16.0 Å². The normalized spacial score (nSPS) is 12.4. The summed E-state index contributed by atoms with van der Waals surface area (Å²) in [6.07, 6.45) is 1.83. The van der Waals surface area contributed by atoms with E-state index in [2.05, 4.69) is 54.7 Å². The third-order valence-corrected chi connectivity index (χ3v) is 5.26. The lowest BCUT2D eigenvalue weighted by Crippen LogP contribution is -2.20. The van der Waals surface area contributed by atoms with Gasteiger partial charge in [-0.2, -0.15) is 0 Å². The van der Waals surface area contributed by atoms with Crippen molar-refractivity contribution in [2.24, 2.45) is 0 Å². The zero-order chi connectivity index (χ0) is 16.9. The highest BCUT2D eigenvalue weighted by atomic mass is 32.1. The molecular weight excluding hydrogens is 320 g/mol. The number of hydrogen-bond acceptors (Lipinski definition) is 4. The SMILES string of the molecule is CC(NCCCc1ccc([N+](=O)[O-])s1)c1cccc2ccccc12. The summed E-state index contributed by atoms with van der Waals surface area (Å²) < 4.78 is 0. The lowest BCUT2D eigenvalue weighted by molar-refractivity contribution is -0.380. The van der Waals surface area contributed by atoms with Crippen LogP contribution in [0.1, 0.15) is 29.8 Å². The van der Waals surface area contributed by atoms with Gasteiger partial charge >= 0.3 is 5.00 Å². The summed E-state index contributed by atoms with van der Waals surface area (Å²) in [5.74, 6) is 0. The van der Waals surface area contributed by atoms with E-state index in [0.29, 0.717) is 0 Å². The molecule has 0 fully saturated rings. The fourth-order valence-corrected chi connectivity index (χ4v) is 3.78. The zero-order valence-corrected chi connectivity index (χ0v) is 14.4. The summed E-state index contributed by atoms with van der Waals surface area (Å²) in [6.45, 7) is 3.06. The molecule has 5 heteroatoms. The summed E-state index contributed by atoms with van der Waals surface area (Å²) in [5.41, 5.74) is 1.31. The molecule has 3 aromatic rings. The molecule has 24 heavy (non-hydrogen) atoms. The van der Waals surface area contributed by atoms with Gasteiger partial charge in [0.05, 0.1) is 4.92 Å². The molecule has 3 rings (SSSR count). The molecule has 2 aromatic carbocycles.